The molecular formula is C20H25LiN2O3. The van der Waals surface area contributed by atoms with Crippen LogP contribution in [0.25, 0.3) is 0 Å². The minimum Gasteiger partial charge on any atom is -1.00 e. The maximum absolute atomic E-state index is 12.0. The summed E-state index contributed by atoms with van der Waals surface area (Å²) in [5.74, 6) is -0.146. The summed E-state index contributed by atoms with van der Waals surface area (Å²) in [6.45, 7) is 2.33. The number of benzene rings is 2. The molecule has 26 heavy (non-hydrogen) atoms. The summed E-state index contributed by atoms with van der Waals surface area (Å²) in [7, 11) is 1.59. The van der Waals surface area contributed by atoms with Gasteiger partial charge in [0.2, 0.25) is 0 Å². The number of nitrogens with one attached hydrogen (secondary N) is 1. The maximum Gasteiger partial charge on any atom is 1.00 e. The molecule has 0 bridgehead atoms. The molecular weight excluding hydrogens is 323 g/mol. The number of nitrogens with zero attached hydrogens (tertiary/aromatic N) is 1. The number of rotatable bonds is 6. The number of piperidine rings is 1. The largest absolute Gasteiger partial charge is 1.00 e. The molecule has 1 heterocycles. The third kappa shape index (κ3) is 4.62. The smallest absolute Gasteiger partial charge is 1.00 e. The van der Waals surface area contributed by atoms with Crippen LogP contribution in [0.15, 0.2) is 54.6 Å². The Bertz CT molecular complexity index is 722. The van der Waals surface area contributed by atoms with E-state index in [-0.39, 0.29) is 20.3 Å². The Labute approximate surface area is 168 Å². The zero-order chi connectivity index (χ0) is 17.7. The van der Waals surface area contributed by atoms with Crippen LogP contribution in [0.5, 0.6) is 5.75 Å². The van der Waals surface area contributed by atoms with Crippen molar-refractivity contribution < 1.29 is 34.9 Å². The number of hydrogen-bond donors (Lipinski definition) is 2. The first-order valence-electron chi connectivity index (χ1n) is 8.54. The van der Waals surface area contributed by atoms with E-state index in [0.29, 0.717) is 18.6 Å². The van der Waals surface area contributed by atoms with Crippen LogP contribution in [-0.4, -0.2) is 41.7 Å². The van der Waals surface area contributed by atoms with Gasteiger partial charge in [0.1, 0.15) is 11.3 Å². The van der Waals surface area contributed by atoms with Crippen LogP contribution in [-0.2, 0) is 11.3 Å². The fourth-order valence-corrected chi connectivity index (χ4v) is 3.33. The summed E-state index contributed by atoms with van der Waals surface area (Å²) < 4.78 is 5.35. The van der Waals surface area contributed by atoms with E-state index in [2.05, 4.69) is 22.3 Å². The van der Waals surface area contributed by atoms with Gasteiger partial charge >= 0.3 is 24.8 Å². The molecule has 134 valence electrons. The molecule has 1 aliphatic heterocycles. The number of likely N-dealkylation sites (tertiary alicyclic amines) is 1. The van der Waals surface area contributed by atoms with Gasteiger partial charge < -0.3 is 16.6 Å². The first-order valence-corrected chi connectivity index (χ1v) is 8.54. The van der Waals surface area contributed by atoms with E-state index in [4.69, 9.17) is 4.74 Å². The molecule has 2 aromatic carbocycles. The number of carboxylic acid groups (broad SMARTS) is 1. The fraction of sp³-hybridized carbons (Fsp3) is 0.350. The minimum atomic E-state index is -0.957. The van der Waals surface area contributed by atoms with Gasteiger partial charge in [0.15, 0.2) is 0 Å². The summed E-state index contributed by atoms with van der Waals surface area (Å²) in [6, 6.07) is 17.7. The Morgan fingerprint density at radius 2 is 1.77 bits per heavy atom. The Balaban J connectivity index is 0.00000182. The molecule has 0 amide bonds. The molecule has 0 saturated carbocycles. The van der Waals surface area contributed by atoms with E-state index >= 15 is 0 Å². The normalized spacial score (nSPS) is 16.3. The molecule has 0 atom stereocenters. The molecule has 1 fully saturated rings. The van der Waals surface area contributed by atoms with Crippen LogP contribution in [0.1, 0.15) is 19.8 Å². The second-order valence-corrected chi connectivity index (χ2v) is 6.47. The zero-order valence-electron chi connectivity index (χ0n) is 16.4. The number of hydrogen-bond acceptors (Lipinski definition) is 4. The van der Waals surface area contributed by atoms with Gasteiger partial charge in [-0.05, 0) is 30.5 Å². The molecule has 0 unspecified atom stereocenters. The van der Waals surface area contributed by atoms with Crippen LogP contribution >= 0.6 is 0 Å². The summed E-state index contributed by atoms with van der Waals surface area (Å²) in [6.07, 6.45) is 1.10. The van der Waals surface area contributed by atoms with E-state index in [1.165, 1.54) is 5.56 Å². The summed E-state index contributed by atoms with van der Waals surface area (Å²) >= 11 is 0. The first kappa shape index (κ1) is 20.4. The third-order valence-electron chi connectivity index (χ3n) is 4.85. The molecule has 5 nitrogen and oxygen atoms in total. The molecule has 0 spiro atoms. The number of para-hydroxylation sites is 2. The predicted octanol–water partition coefficient (Wildman–Crippen LogP) is 0.343. The van der Waals surface area contributed by atoms with Crippen molar-refractivity contribution in [3.05, 3.63) is 60.2 Å². The molecule has 6 heteroatoms. The van der Waals surface area contributed by atoms with Crippen LogP contribution in [0.3, 0.4) is 0 Å². The zero-order valence-corrected chi connectivity index (χ0v) is 15.4. The number of anilines is 1. The number of carbonyl (C=O) groups is 1. The van der Waals surface area contributed by atoms with E-state index in [1.54, 1.807) is 7.11 Å². The van der Waals surface area contributed by atoms with Crippen molar-refractivity contribution in [2.45, 2.75) is 24.9 Å². The maximum atomic E-state index is 12.0. The second kappa shape index (κ2) is 9.13. The molecule has 0 radical (unpaired) electrons. The molecule has 1 aliphatic rings. The first-order chi connectivity index (χ1) is 12.1. The average molecular weight is 348 g/mol. The Hall–Kier alpha value is -1.93. The van der Waals surface area contributed by atoms with E-state index in [0.717, 1.165) is 25.3 Å². The van der Waals surface area contributed by atoms with Crippen molar-refractivity contribution in [3.8, 4) is 5.75 Å². The molecule has 2 aromatic rings. The van der Waals surface area contributed by atoms with Crippen LogP contribution in [0.4, 0.5) is 5.69 Å². The number of ether oxygens (including phenoxy) is 1. The second-order valence-electron chi connectivity index (χ2n) is 6.47. The van der Waals surface area contributed by atoms with Gasteiger partial charge in [-0.15, -0.1) is 0 Å². The number of aliphatic carboxylic acids is 1. The van der Waals surface area contributed by atoms with Gasteiger partial charge in [0, 0.05) is 19.6 Å². The standard InChI is InChI=1S/C20H24N2O3.Li.H/c1-25-18-10-6-5-9-17(18)21-20(19(23)24)11-13-22(14-12-20)15-16-7-3-2-4-8-16;;/h2-10,21H,11-15H2,1H3,(H,23,24);;/q;+1;-1. The van der Waals surface area contributed by atoms with Crippen LogP contribution in [0, 0.1) is 0 Å². The van der Waals surface area contributed by atoms with Crippen molar-refractivity contribution in [2.75, 3.05) is 25.5 Å². The van der Waals surface area contributed by atoms with Crippen LogP contribution < -0.4 is 28.9 Å². The SMILES string of the molecule is COc1ccccc1NC1(C(=O)O)CCN(Cc2ccccc2)CC1.[H-].[Li+]. The van der Waals surface area contributed by atoms with Crippen molar-refractivity contribution >= 4 is 11.7 Å². The monoisotopic (exact) mass is 348 g/mol. The summed E-state index contributed by atoms with van der Waals surface area (Å²) in [4.78, 5) is 14.3. The van der Waals surface area contributed by atoms with Crippen molar-refractivity contribution in [2.24, 2.45) is 0 Å². The van der Waals surface area contributed by atoms with Crippen molar-refractivity contribution in [1.82, 2.24) is 4.90 Å². The molecule has 2 N–H and O–H groups in total. The van der Waals surface area contributed by atoms with E-state index in [9.17, 15) is 9.90 Å². The van der Waals surface area contributed by atoms with Crippen molar-refractivity contribution in [1.29, 1.82) is 0 Å². The topological polar surface area (TPSA) is 61.8 Å². The molecule has 0 aliphatic carbocycles. The molecule has 1 saturated heterocycles. The minimum absolute atomic E-state index is 0. The number of methoxy groups -OCH3 is 1. The quantitative estimate of drug-likeness (QED) is 0.738. The van der Waals surface area contributed by atoms with E-state index < -0.39 is 11.5 Å². The predicted molar refractivity (Wildman–Crippen MR) is 99.0 cm³/mol. The third-order valence-corrected chi connectivity index (χ3v) is 4.85. The van der Waals surface area contributed by atoms with Gasteiger partial charge in [-0.3, -0.25) is 4.90 Å². The van der Waals surface area contributed by atoms with Gasteiger partial charge in [-0.25, -0.2) is 4.79 Å². The molecule has 0 aromatic heterocycles. The summed E-state index contributed by atoms with van der Waals surface area (Å²) in [5, 5.41) is 13.1. The van der Waals surface area contributed by atoms with Gasteiger partial charge in [-0.1, -0.05) is 42.5 Å². The Kier molecular flexibility index (Phi) is 7.16. The van der Waals surface area contributed by atoms with Gasteiger partial charge in [0.05, 0.1) is 12.8 Å². The Morgan fingerprint density at radius 1 is 1.15 bits per heavy atom. The van der Waals surface area contributed by atoms with Gasteiger partial charge in [0.25, 0.3) is 0 Å². The average Bonchev–Trinajstić information content (AvgIpc) is 2.64. The van der Waals surface area contributed by atoms with Gasteiger partial charge in [-0.2, -0.15) is 0 Å². The Morgan fingerprint density at radius 3 is 2.38 bits per heavy atom. The number of carboxylic acids is 1. The van der Waals surface area contributed by atoms with Crippen molar-refractivity contribution in [3.63, 3.8) is 0 Å². The summed E-state index contributed by atoms with van der Waals surface area (Å²) in [5.41, 5.74) is 1.02. The fourth-order valence-electron chi connectivity index (χ4n) is 3.33. The van der Waals surface area contributed by atoms with Crippen LogP contribution in [0.2, 0.25) is 0 Å². The molecule has 3 rings (SSSR count). The van der Waals surface area contributed by atoms with E-state index in [1.807, 2.05) is 42.5 Å².